The summed E-state index contributed by atoms with van der Waals surface area (Å²) in [7, 11) is 0. The largest absolute Gasteiger partial charge is 0.295 e. The molecule has 32 heavy (non-hydrogen) atoms. The number of fused-ring (bicyclic) bond motifs is 8. The molecule has 2 heterocycles. The standard InChI is InChI=1S/C22H18N.C6H10O.C2H6/c1-22(2)19-13-7-5-12-18(19)21-17-11-4-3-9-15(17)16-10-6-8-14-20(16)23(21)22;1-5(2)4-6(3)7;1-2/h3-14H,1-2H3;4H,1-3H3;1-2H3/q+1;;. The van der Waals surface area contributed by atoms with E-state index in [0.29, 0.717) is 0 Å². The molecule has 1 aliphatic rings. The molecule has 0 atom stereocenters. The second kappa shape index (κ2) is 9.48. The number of aromatic nitrogens is 1. The fraction of sp³-hybridized carbons (Fsp3) is 0.267. The monoisotopic (exact) mass is 424 g/mol. The third-order valence-corrected chi connectivity index (χ3v) is 5.73. The minimum absolute atomic E-state index is 0.0461. The fourth-order valence-corrected chi connectivity index (χ4v) is 4.66. The Balaban J connectivity index is 0.000000278. The summed E-state index contributed by atoms with van der Waals surface area (Å²) in [4.78, 5) is 10.2. The van der Waals surface area contributed by atoms with Crippen LogP contribution < -0.4 is 4.57 Å². The Hall–Kier alpha value is -3.26. The zero-order valence-corrected chi connectivity index (χ0v) is 20.4. The van der Waals surface area contributed by atoms with Crippen LogP contribution in [-0.4, -0.2) is 5.78 Å². The minimum atomic E-state index is -0.0461. The third kappa shape index (κ3) is 4.10. The molecule has 5 rings (SSSR count). The number of rotatable bonds is 1. The lowest BCUT2D eigenvalue weighted by molar-refractivity contribution is -0.706. The Morgan fingerprint density at radius 2 is 1.28 bits per heavy atom. The van der Waals surface area contributed by atoms with Crippen LogP contribution in [0.4, 0.5) is 0 Å². The highest BCUT2D eigenvalue weighted by molar-refractivity contribution is 6.09. The quantitative estimate of drug-likeness (QED) is 0.175. The Labute approximate surface area is 192 Å². The van der Waals surface area contributed by atoms with E-state index >= 15 is 0 Å². The first-order chi connectivity index (χ1) is 15.3. The van der Waals surface area contributed by atoms with Crippen LogP contribution in [0.3, 0.4) is 0 Å². The molecule has 0 N–H and O–H groups in total. The van der Waals surface area contributed by atoms with Gasteiger partial charge in [0.05, 0.1) is 16.3 Å². The maximum atomic E-state index is 10.2. The second-order valence-electron chi connectivity index (χ2n) is 8.68. The highest BCUT2D eigenvalue weighted by Crippen LogP contribution is 2.42. The van der Waals surface area contributed by atoms with Gasteiger partial charge in [0.2, 0.25) is 11.2 Å². The third-order valence-electron chi connectivity index (χ3n) is 5.73. The molecule has 0 fully saturated rings. The number of nitrogens with zero attached hydrogens (tertiary/aromatic N) is 1. The number of ketones is 1. The molecule has 0 amide bonds. The molecule has 0 bridgehead atoms. The average Bonchev–Trinajstić information content (AvgIpc) is 3.03. The zero-order chi connectivity index (χ0) is 23.5. The van der Waals surface area contributed by atoms with E-state index in [1.165, 1.54) is 38.5 Å². The van der Waals surface area contributed by atoms with Crippen LogP contribution in [0.2, 0.25) is 0 Å². The Morgan fingerprint density at radius 1 is 0.750 bits per heavy atom. The van der Waals surface area contributed by atoms with Crippen molar-refractivity contribution >= 4 is 27.5 Å². The molecule has 1 aliphatic heterocycles. The van der Waals surface area contributed by atoms with Crippen molar-refractivity contribution in [3.63, 3.8) is 0 Å². The molecule has 164 valence electrons. The van der Waals surface area contributed by atoms with E-state index in [9.17, 15) is 4.79 Å². The van der Waals surface area contributed by atoms with Gasteiger partial charge >= 0.3 is 0 Å². The van der Waals surface area contributed by atoms with Gasteiger partial charge in [0.15, 0.2) is 11.3 Å². The lowest BCUT2D eigenvalue weighted by atomic mass is 9.93. The lowest BCUT2D eigenvalue weighted by Gasteiger charge is -2.17. The number of allylic oxidation sites excluding steroid dienone is 2. The normalized spacial score (nSPS) is 12.6. The van der Waals surface area contributed by atoms with E-state index in [2.05, 4.69) is 91.2 Å². The highest BCUT2D eigenvalue weighted by atomic mass is 16.1. The maximum Gasteiger partial charge on any atom is 0.222 e. The van der Waals surface area contributed by atoms with E-state index in [4.69, 9.17) is 0 Å². The predicted octanol–water partition coefficient (Wildman–Crippen LogP) is 7.61. The first-order valence-corrected chi connectivity index (χ1v) is 11.4. The molecule has 4 aromatic rings. The number of carbonyl (C=O) groups excluding carboxylic acids is 1. The molecular formula is C30H34NO+. The van der Waals surface area contributed by atoms with E-state index in [0.717, 1.165) is 5.57 Å². The smallest absolute Gasteiger partial charge is 0.222 e. The first kappa shape index (κ1) is 23.4. The molecule has 0 saturated heterocycles. The van der Waals surface area contributed by atoms with Gasteiger partial charge in [0.25, 0.3) is 0 Å². The van der Waals surface area contributed by atoms with Crippen molar-refractivity contribution in [3.05, 3.63) is 90.0 Å². The molecule has 2 heteroatoms. The van der Waals surface area contributed by atoms with Crippen molar-refractivity contribution in [3.8, 4) is 11.3 Å². The molecule has 0 spiro atoms. The lowest BCUT2D eigenvalue weighted by Crippen LogP contribution is -2.51. The van der Waals surface area contributed by atoms with Gasteiger partial charge in [-0.15, -0.1) is 0 Å². The zero-order valence-electron chi connectivity index (χ0n) is 20.4. The second-order valence-corrected chi connectivity index (χ2v) is 8.68. The van der Waals surface area contributed by atoms with E-state index in [1.54, 1.807) is 13.0 Å². The van der Waals surface area contributed by atoms with E-state index in [-0.39, 0.29) is 11.3 Å². The van der Waals surface area contributed by atoms with Gasteiger partial charge in [-0.05, 0) is 45.0 Å². The maximum absolute atomic E-state index is 10.2. The van der Waals surface area contributed by atoms with Crippen LogP contribution in [0.25, 0.3) is 32.9 Å². The molecule has 0 aliphatic carbocycles. The van der Waals surface area contributed by atoms with Gasteiger partial charge in [-0.25, -0.2) is 0 Å². The number of hydrogen-bond acceptors (Lipinski definition) is 1. The number of para-hydroxylation sites is 1. The van der Waals surface area contributed by atoms with Gasteiger partial charge in [-0.2, -0.15) is 4.57 Å². The number of pyridine rings is 1. The summed E-state index contributed by atoms with van der Waals surface area (Å²) in [5.41, 5.74) is 6.44. The average molecular weight is 425 g/mol. The van der Waals surface area contributed by atoms with Gasteiger partial charge in [0, 0.05) is 30.9 Å². The van der Waals surface area contributed by atoms with Crippen LogP contribution in [0.15, 0.2) is 84.4 Å². The van der Waals surface area contributed by atoms with Gasteiger partial charge in [-0.3, -0.25) is 4.79 Å². The predicted molar refractivity (Wildman–Crippen MR) is 137 cm³/mol. The van der Waals surface area contributed by atoms with Crippen molar-refractivity contribution in [2.45, 2.75) is 54.0 Å². The Morgan fingerprint density at radius 3 is 1.88 bits per heavy atom. The summed E-state index contributed by atoms with van der Waals surface area (Å²) in [6.45, 7) is 14.0. The van der Waals surface area contributed by atoms with Crippen LogP contribution in [0.5, 0.6) is 0 Å². The Bertz CT molecular complexity index is 1310. The molecule has 3 aromatic carbocycles. The molecule has 1 aromatic heterocycles. The van der Waals surface area contributed by atoms with Gasteiger partial charge in [-0.1, -0.05) is 68.0 Å². The van der Waals surface area contributed by atoms with Crippen molar-refractivity contribution in [2.24, 2.45) is 0 Å². The summed E-state index contributed by atoms with van der Waals surface area (Å²) in [5.74, 6) is 0.125. The minimum Gasteiger partial charge on any atom is -0.295 e. The summed E-state index contributed by atoms with van der Waals surface area (Å²) in [6, 6.07) is 26.4. The molecule has 2 nitrogen and oxygen atoms in total. The van der Waals surface area contributed by atoms with Crippen molar-refractivity contribution in [1.82, 2.24) is 0 Å². The summed E-state index contributed by atoms with van der Waals surface area (Å²) >= 11 is 0. The summed E-state index contributed by atoms with van der Waals surface area (Å²) in [5, 5.41) is 4.00. The fourth-order valence-electron chi connectivity index (χ4n) is 4.66. The van der Waals surface area contributed by atoms with E-state index < -0.39 is 0 Å². The van der Waals surface area contributed by atoms with Crippen molar-refractivity contribution < 1.29 is 9.36 Å². The van der Waals surface area contributed by atoms with Gasteiger partial charge in [0.1, 0.15) is 0 Å². The van der Waals surface area contributed by atoms with Crippen LogP contribution >= 0.6 is 0 Å². The number of carbonyl (C=O) groups is 1. The van der Waals surface area contributed by atoms with Crippen molar-refractivity contribution in [1.29, 1.82) is 0 Å². The van der Waals surface area contributed by atoms with Crippen LogP contribution in [0.1, 0.15) is 54.0 Å². The molecule has 0 unspecified atom stereocenters. The molecule has 0 radical (unpaired) electrons. The molecular weight excluding hydrogens is 390 g/mol. The highest BCUT2D eigenvalue weighted by Gasteiger charge is 2.45. The van der Waals surface area contributed by atoms with Crippen LogP contribution in [-0.2, 0) is 10.3 Å². The van der Waals surface area contributed by atoms with E-state index in [1.807, 2.05) is 27.7 Å². The summed E-state index contributed by atoms with van der Waals surface area (Å²) in [6.07, 6.45) is 1.61. The van der Waals surface area contributed by atoms with Crippen molar-refractivity contribution in [2.75, 3.05) is 0 Å². The van der Waals surface area contributed by atoms with Crippen LogP contribution in [0, 0.1) is 0 Å². The van der Waals surface area contributed by atoms with Gasteiger partial charge < -0.3 is 0 Å². The number of hydrogen-bond donors (Lipinski definition) is 0. The molecule has 0 saturated carbocycles. The number of benzene rings is 3. The summed E-state index contributed by atoms with van der Waals surface area (Å²) < 4.78 is 2.52. The Kier molecular flexibility index (Phi) is 6.93. The first-order valence-electron chi connectivity index (χ1n) is 11.4. The SMILES string of the molecule is CC.CC(=O)C=C(C)C.CC1(C)c2ccccc2-c2c3ccccc3c3ccccc3[n+]21. The topological polar surface area (TPSA) is 20.9 Å².